The highest BCUT2D eigenvalue weighted by Crippen LogP contribution is 2.29. The third kappa shape index (κ3) is 1.69. The van der Waals surface area contributed by atoms with Crippen LogP contribution < -0.4 is 0 Å². The summed E-state index contributed by atoms with van der Waals surface area (Å²) in [7, 11) is 0. The highest BCUT2D eigenvalue weighted by molar-refractivity contribution is 5.28. The average molecular weight is 176 g/mol. The molecule has 0 amide bonds. The van der Waals surface area contributed by atoms with E-state index in [0.717, 1.165) is 24.3 Å². The van der Waals surface area contributed by atoms with Gasteiger partial charge in [-0.2, -0.15) is 8.78 Å². The van der Waals surface area contributed by atoms with Crippen molar-refractivity contribution >= 4 is 0 Å². The molecule has 0 aliphatic heterocycles. The van der Waals surface area contributed by atoms with Gasteiger partial charge < -0.3 is 5.11 Å². The summed E-state index contributed by atoms with van der Waals surface area (Å²) in [6.07, 6.45) is 0. The van der Waals surface area contributed by atoms with E-state index in [1.54, 1.807) is 0 Å². The lowest BCUT2D eigenvalue weighted by Crippen LogP contribution is -2.15. The second-order valence-electron chi connectivity index (χ2n) is 2.38. The van der Waals surface area contributed by atoms with Crippen molar-refractivity contribution in [2.24, 2.45) is 0 Å². The molecule has 0 fully saturated rings. The van der Waals surface area contributed by atoms with Crippen molar-refractivity contribution in [3.05, 3.63) is 29.8 Å². The van der Waals surface area contributed by atoms with Gasteiger partial charge in [-0.3, -0.25) is 0 Å². The molecule has 0 bridgehead atoms. The number of phenolic OH excluding ortho intramolecular Hbond substituents is 1. The van der Waals surface area contributed by atoms with Crippen LogP contribution in [0.2, 0.25) is 0 Å². The molecule has 0 aliphatic rings. The molecule has 1 aromatic carbocycles. The van der Waals surface area contributed by atoms with Crippen LogP contribution in [0.4, 0.5) is 13.2 Å². The topological polar surface area (TPSA) is 20.2 Å². The molecule has 1 N–H and O–H groups in total. The summed E-state index contributed by atoms with van der Waals surface area (Å²) in [6.45, 7) is -1.72. The third-order valence-corrected chi connectivity index (χ3v) is 1.46. The van der Waals surface area contributed by atoms with E-state index >= 15 is 0 Å². The van der Waals surface area contributed by atoms with Gasteiger partial charge in [-0.25, -0.2) is 4.39 Å². The lowest BCUT2D eigenvalue weighted by Gasteiger charge is -2.11. The molecule has 4 heteroatoms. The Labute approximate surface area is 67.5 Å². The first-order chi connectivity index (χ1) is 5.56. The Morgan fingerprint density at radius 2 is 1.67 bits per heavy atom. The van der Waals surface area contributed by atoms with Crippen molar-refractivity contribution in [3.8, 4) is 5.75 Å². The maximum atomic E-state index is 12.6. The first kappa shape index (κ1) is 8.90. The smallest absolute Gasteiger partial charge is 0.301 e. The fourth-order valence-corrected chi connectivity index (χ4v) is 0.782. The van der Waals surface area contributed by atoms with Gasteiger partial charge in [0.1, 0.15) is 5.75 Å². The summed E-state index contributed by atoms with van der Waals surface area (Å²) in [5.74, 6) is -3.57. The van der Waals surface area contributed by atoms with Crippen LogP contribution in [0, 0.1) is 0 Å². The van der Waals surface area contributed by atoms with Crippen LogP contribution in [-0.4, -0.2) is 11.8 Å². The van der Waals surface area contributed by atoms with Gasteiger partial charge in [0.2, 0.25) is 0 Å². The molecular weight excluding hydrogens is 169 g/mol. The van der Waals surface area contributed by atoms with Gasteiger partial charge in [0.05, 0.1) is 0 Å². The molecular formula is C8H7F3O. The molecule has 0 unspecified atom stereocenters. The Kier molecular flexibility index (Phi) is 2.26. The van der Waals surface area contributed by atoms with E-state index in [1.807, 2.05) is 0 Å². The third-order valence-electron chi connectivity index (χ3n) is 1.46. The quantitative estimate of drug-likeness (QED) is 0.733. The summed E-state index contributed by atoms with van der Waals surface area (Å²) < 4.78 is 36.9. The monoisotopic (exact) mass is 176 g/mol. The molecule has 0 atom stereocenters. The van der Waals surface area contributed by atoms with Crippen molar-refractivity contribution in [1.29, 1.82) is 0 Å². The summed E-state index contributed by atoms with van der Waals surface area (Å²) in [4.78, 5) is 0. The predicted octanol–water partition coefficient (Wildman–Crippen LogP) is 2.45. The van der Waals surface area contributed by atoms with Crippen LogP contribution in [0.3, 0.4) is 0 Å². The summed E-state index contributed by atoms with van der Waals surface area (Å²) in [6, 6.07) is 4.18. The average Bonchev–Trinajstić information content (AvgIpc) is 2.05. The zero-order valence-corrected chi connectivity index (χ0v) is 6.10. The first-order valence-corrected chi connectivity index (χ1v) is 3.29. The van der Waals surface area contributed by atoms with E-state index in [9.17, 15) is 13.2 Å². The molecule has 0 aliphatic carbocycles. The number of hydrogen-bond acceptors (Lipinski definition) is 1. The SMILES string of the molecule is Oc1ccc(C(F)(F)CF)cc1. The standard InChI is InChI=1S/C8H7F3O/c9-5-8(10,11)6-1-3-7(12)4-2-6/h1-4,12H,5H2. The van der Waals surface area contributed by atoms with Gasteiger partial charge in [-0.05, 0) is 24.3 Å². The number of rotatable bonds is 2. The van der Waals surface area contributed by atoms with Crippen molar-refractivity contribution in [3.63, 3.8) is 0 Å². The van der Waals surface area contributed by atoms with Crippen molar-refractivity contribution in [2.75, 3.05) is 6.67 Å². The first-order valence-electron chi connectivity index (χ1n) is 3.29. The fourth-order valence-electron chi connectivity index (χ4n) is 0.782. The maximum Gasteiger partial charge on any atom is 0.301 e. The minimum Gasteiger partial charge on any atom is -0.508 e. The van der Waals surface area contributed by atoms with E-state index in [1.165, 1.54) is 0 Å². The highest BCUT2D eigenvalue weighted by atomic mass is 19.3. The Bertz CT molecular complexity index is 256. The van der Waals surface area contributed by atoms with Crippen molar-refractivity contribution in [2.45, 2.75) is 5.92 Å². The second-order valence-corrected chi connectivity index (χ2v) is 2.38. The lowest BCUT2D eigenvalue weighted by molar-refractivity contribution is -0.0281. The molecule has 1 aromatic rings. The highest BCUT2D eigenvalue weighted by Gasteiger charge is 2.31. The molecule has 1 rings (SSSR count). The van der Waals surface area contributed by atoms with Crippen LogP contribution in [-0.2, 0) is 5.92 Å². The number of phenols is 1. The van der Waals surface area contributed by atoms with Gasteiger partial charge in [0.15, 0.2) is 6.67 Å². The number of benzene rings is 1. The molecule has 0 aromatic heterocycles. The van der Waals surface area contributed by atoms with Gasteiger partial charge in [0.25, 0.3) is 0 Å². The summed E-state index contributed by atoms with van der Waals surface area (Å²) >= 11 is 0. The van der Waals surface area contributed by atoms with Crippen LogP contribution >= 0.6 is 0 Å². The number of halogens is 3. The summed E-state index contributed by atoms with van der Waals surface area (Å²) in [5, 5.41) is 8.76. The molecule has 0 saturated heterocycles. The van der Waals surface area contributed by atoms with E-state index in [2.05, 4.69) is 0 Å². The van der Waals surface area contributed by atoms with Crippen molar-refractivity contribution in [1.82, 2.24) is 0 Å². The Hall–Kier alpha value is -1.19. The van der Waals surface area contributed by atoms with E-state index in [4.69, 9.17) is 5.11 Å². The number of aromatic hydroxyl groups is 1. The van der Waals surface area contributed by atoms with Crippen LogP contribution in [0.25, 0.3) is 0 Å². The molecule has 12 heavy (non-hydrogen) atoms. The van der Waals surface area contributed by atoms with Crippen LogP contribution in [0.1, 0.15) is 5.56 Å². The van der Waals surface area contributed by atoms with Crippen LogP contribution in [0.15, 0.2) is 24.3 Å². The van der Waals surface area contributed by atoms with Crippen LogP contribution in [0.5, 0.6) is 5.75 Å². The number of alkyl halides is 3. The Morgan fingerprint density at radius 1 is 1.17 bits per heavy atom. The molecule has 0 radical (unpaired) electrons. The number of hydrogen-bond donors (Lipinski definition) is 1. The Balaban J connectivity index is 2.96. The van der Waals surface area contributed by atoms with Crippen molar-refractivity contribution < 1.29 is 18.3 Å². The minimum atomic E-state index is -3.45. The molecule has 0 heterocycles. The second kappa shape index (κ2) is 3.05. The zero-order chi connectivity index (χ0) is 9.19. The van der Waals surface area contributed by atoms with E-state index in [0.29, 0.717) is 0 Å². The Morgan fingerprint density at radius 3 is 2.08 bits per heavy atom. The normalized spacial score (nSPS) is 11.6. The molecule has 0 saturated carbocycles. The zero-order valence-electron chi connectivity index (χ0n) is 6.10. The van der Waals surface area contributed by atoms with Gasteiger partial charge >= 0.3 is 5.92 Å². The van der Waals surface area contributed by atoms with Gasteiger partial charge in [0, 0.05) is 5.56 Å². The maximum absolute atomic E-state index is 12.6. The van der Waals surface area contributed by atoms with E-state index < -0.39 is 18.2 Å². The fraction of sp³-hybridized carbons (Fsp3) is 0.250. The van der Waals surface area contributed by atoms with Gasteiger partial charge in [-0.15, -0.1) is 0 Å². The largest absolute Gasteiger partial charge is 0.508 e. The lowest BCUT2D eigenvalue weighted by atomic mass is 10.1. The van der Waals surface area contributed by atoms with Gasteiger partial charge in [-0.1, -0.05) is 0 Å². The predicted molar refractivity (Wildman–Crippen MR) is 38.0 cm³/mol. The molecule has 0 spiro atoms. The van der Waals surface area contributed by atoms with E-state index in [-0.39, 0.29) is 5.75 Å². The minimum absolute atomic E-state index is 0.117. The summed E-state index contributed by atoms with van der Waals surface area (Å²) in [5.41, 5.74) is -0.428. The molecule has 1 nitrogen and oxygen atoms in total. The molecule has 66 valence electrons.